The Morgan fingerprint density at radius 1 is 1.12 bits per heavy atom. The van der Waals surface area contributed by atoms with Gasteiger partial charge >= 0.3 is 0 Å². The van der Waals surface area contributed by atoms with Gasteiger partial charge in [-0.3, -0.25) is 4.79 Å². The van der Waals surface area contributed by atoms with Crippen molar-refractivity contribution >= 4 is 33.3 Å². The minimum absolute atomic E-state index is 0.0292. The molecule has 4 rings (SSSR count). The molecular weight excluding hydrogens is 467 g/mol. The summed E-state index contributed by atoms with van der Waals surface area (Å²) in [6.07, 6.45) is 0.272. The first-order valence-corrected chi connectivity index (χ1v) is 12.7. The molecule has 0 unspecified atom stereocenters. The van der Waals surface area contributed by atoms with Gasteiger partial charge in [0, 0.05) is 51.4 Å². The highest BCUT2D eigenvalue weighted by molar-refractivity contribution is 7.87. The standard InChI is InChI=1S/C23H28ClFN4O3S/c1-27-8-10-29(11-9-27)18-5-3-4-17(14-18)21-15-22(28(2)33(31,32)26-21)23(30)13-16-6-7-20(25)19(24)12-16/h3-7,12,14,21-22,26H,8-11,13,15H2,1-2H3/t21-,22+/m1/s1. The van der Waals surface area contributed by atoms with Gasteiger partial charge in [0.15, 0.2) is 5.78 Å². The molecule has 2 saturated heterocycles. The molecule has 0 bridgehead atoms. The Morgan fingerprint density at radius 2 is 1.85 bits per heavy atom. The van der Waals surface area contributed by atoms with Crippen LogP contribution in [0.4, 0.5) is 10.1 Å². The van der Waals surface area contributed by atoms with Crippen LogP contribution in [0.5, 0.6) is 0 Å². The molecule has 1 N–H and O–H groups in total. The molecule has 0 saturated carbocycles. The third kappa shape index (κ3) is 5.38. The highest BCUT2D eigenvalue weighted by Gasteiger charge is 2.40. The maximum atomic E-state index is 13.5. The number of anilines is 1. The zero-order chi connectivity index (χ0) is 23.8. The van der Waals surface area contributed by atoms with Crippen molar-refractivity contribution in [3.63, 3.8) is 0 Å². The van der Waals surface area contributed by atoms with Crippen molar-refractivity contribution in [2.75, 3.05) is 45.2 Å². The number of ketones is 1. The highest BCUT2D eigenvalue weighted by Crippen LogP contribution is 2.31. The van der Waals surface area contributed by atoms with Crippen LogP contribution in [0.3, 0.4) is 0 Å². The van der Waals surface area contributed by atoms with Crippen LogP contribution < -0.4 is 9.62 Å². The van der Waals surface area contributed by atoms with Gasteiger partial charge in [0.2, 0.25) is 0 Å². The quantitative estimate of drug-likeness (QED) is 0.691. The number of rotatable bonds is 5. The molecule has 2 heterocycles. The smallest absolute Gasteiger partial charge is 0.280 e. The van der Waals surface area contributed by atoms with E-state index in [-0.39, 0.29) is 17.2 Å². The van der Waals surface area contributed by atoms with E-state index in [4.69, 9.17) is 11.6 Å². The summed E-state index contributed by atoms with van der Waals surface area (Å²) in [5.41, 5.74) is 2.41. The van der Waals surface area contributed by atoms with E-state index in [2.05, 4.69) is 21.6 Å². The Kier molecular flexibility index (Phi) is 7.07. The summed E-state index contributed by atoms with van der Waals surface area (Å²) in [5, 5.41) is -0.0646. The van der Waals surface area contributed by atoms with Crippen LogP contribution in [0.15, 0.2) is 42.5 Å². The van der Waals surface area contributed by atoms with Crippen LogP contribution in [-0.2, 0) is 21.4 Å². The number of halogens is 2. The van der Waals surface area contributed by atoms with Crippen LogP contribution in [-0.4, -0.2) is 69.7 Å². The van der Waals surface area contributed by atoms with Gasteiger partial charge in [-0.05, 0) is 48.9 Å². The number of hydrogen-bond donors (Lipinski definition) is 1. The average Bonchev–Trinajstić information content (AvgIpc) is 2.78. The zero-order valence-electron chi connectivity index (χ0n) is 18.7. The van der Waals surface area contributed by atoms with E-state index in [0.29, 0.717) is 12.0 Å². The molecule has 10 heteroatoms. The van der Waals surface area contributed by atoms with Crippen molar-refractivity contribution < 1.29 is 17.6 Å². The Morgan fingerprint density at radius 3 is 2.55 bits per heavy atom. The minimum atomic E-state index is -3.85. The lowest BCUT2D eigenvalue weighted by Gasteiger charge is -2.37. The normalized spacial score (nSPS) is 24.1. The van der Waals surface area contributed by atoms with Gasteiger partial charge < -0.3 is 9.80 Å². The lowest BCUT2D eigenvalue weighted by molar-refractivity contribution is -0.122. The van der Waals surface area contributed by atoms with E-state index >= 15 is 0 Å². The molecule has 0 aromatic heterocycles. The molecule has 33 heavy (non-hydrogen) atoms. The number of nitrogens with zero attached hydrogens (tertiary/aromatic N) is 3. The molecule has 2 atom stereocenters. The number of nitrogens with one attached hydrogen (secondary N) is 1. The molecule has 0 aliphatic carbocycles. The van der Waals surface area contributed by atoms with E-state index in [1.807, 2.05) is 24.3 Å². The summed E-state index contributed by atoms with van der Waals surface area (Å²) in [5.74, 6) is -0.819. The minimum Gasteiger partial charge on any atom is -0.369 e. The third-order valence-electron chi connectivity index (χ3n) is 6.44. The van der Waals surface area contributed by atoms with Crippen LogP contribution in [0.25, 0.3) is 0 Å². The van der Waals surface area contributed by atoms with E-state index in [9.17, 15) is 17.6 Å². The van der Waals surface area contributed by atoms with Gasteiger partial charge in [0.05, 0.1) is 11.1 Å². The first kappa shape index (κ1) is 24.1. The zero-order valence-corrected chi connectivity index (χ0v) is 20.2. The maximum Gasteiger partial charge on any atom is 0.280 e. The fraction of sp³-hybridized carbons (Fsp3) is 0.435. The molecule has 7 nitrogen and oxygen atoms in total. The lowest BCUT2D eigenvalue weighted by atomic mass is 9.94. The van der Waals surface area contributed by atoms with Crippen LogP contribution >= 0.6 is 11.6 Å². The summed E-state index contributed by atoms with van der Waals surface area (Å²) in [4.78, 5) is 17.7. The average molecular weight is 495 g/mol. The van der Waals surface area contributed by atoms with Crippen LogP contribution in [0.1, 0.15) is 23.6 Å². The highest BCUT2D eigenvalue weighted by atomic mass is 35.5. The van der Waals surface area contributed by atoms with Crippen LogP contribution in [0.2, 0.25) is 5.02 Å². The van der Waals surface area contributed by atoms with E-state index < -0.39 is 28.1 Å². The van der Waals surface area contributed by atoms with Gasteiger partial charge in [-0.25, -0.2) is 4.39 Å². The first-order valence-electron chi connectivity index (χ1n) is 10.9. The number of carbonyl (C=O) groups excluding carboxylic acids is 1. The van der Waals surface area contributed by atoms with Crippen molar-refractivity contribution in [3.05, 3.63) is 64.4 Å². The fourth-order valence-corrected chi connectivity index (χ4v) is 5.86. The van der Waals surface area contributed by atoms with Gasteiger partial charge in [0.25, 0.3) is 10.2 Å². The Bertz CT molecular complexity index is 1140. The molecule has 0 spiro atoms. The number of Topliss-reactive ketones (excluding diaryl/α,β-unsaturated/α-hetero) is 1. The Labute approximate surface area is 199 Å². The number of benzene rings is 2. The predicted molar refractivity (Wildman–Crippen MR) is 127 cm³/mol. The summed E-state index contributed by atoms with van der Waals surface area (Å²) in [6, 6.07) is 10.6. The summed E-state index contributed by atoms with van der Waals surface area (Å²) in [6.45, 7) is 3.74. The molecule has 2 aliphatic heterocycles. The van der Waals surface area contributed by atoms with Gasteiger partial charge in [-0.15, -0.1) is 0 Å². The number of piperazine rings is 1. The molecule has 2 aliphatic rings. The second-order valence-corrected chi connectivity index (χ2v) is 10.9. The van der Waals surface area contributed by atoms with Gasteiger partial charge in [-0.2, -0.15) is 17.4 Å². The largest absolute Gasteiger partial charge is 0.369 e. The van der Waals surface area contributed by atoms with E-state index in [0.717, 1.165) is 41.7 Å². The van der Waals surface area contributed by atoms with Gasteiger partial charge in [-0.1, -0.05) is 29.8 Å². The Balaban J connectivity index is 1.54. The third-order valence-corrected chi connectivity index (χ3v) is 8.33. The van der Waals surface area contributed by atoms with Crippen LogP contribution in [0, 0.1) is 5.82 Å². The predicted octanol–water partition coefficient (Wildman–Crippen LogP) is 2.62. The molecule has 0 amide bonds. The van der Waals surface area contributed by atoms with Crippen molar-refractivity contribution in [2.24, 2.45) is 0 Å². The molecule has 2 aromatic carbocycles. The van der Waals surface area contributed by atoms with E-state index in [1.165, 1.54) is 25.2 Å². The summed E-state index contributed by atoms with van der Waals surface area (Å²) >= 11 is 5.84. The Hall–Kier alpha value is -2.04. The molecule has 2 aromatic rings. The van der Waals surface area contributed by atoms with Gasteiger partial charge in [0.1, 0.15) is 5.82 Å². The first-order chi connectivity index (χ1) is 15.6. The topological polar surface area (TPSA) is 73.0 Å². The number of likely N-dealkylation sites (N-methyl/N-ethyl adjacent to an activating group) is 2. The lowest BCUT2D eigenvalue weighted by Crippen LogP contribution is -2.55. The second-order valence-electron chi connectivity index (χ2n) is 8.72. The molecular formula is C23H28ClFN4O3S. The number of carbonyl (C=O) groups is 1. The molecule has 178 valence electrons. The monoisotopic (exact) mass is 494 g/mol. The van der Waals surface area contributed by atoms with Crippen molar-refractivity contribution in [2.45, 2.75) is 24.9 Å². The molecule has 2 fully saturated rings. The second kappa shape index (κ2) is 9.68. The maximum absolute atomic E-state index is 13.5. The fourth-order valence-electron chi connectivity index (χ4n) is 4.36. The number of hydrogen-bond acceptors (Lipinski definition) is 5. The SMILES string of the molecule is CN1CCN(c2cccc([C@H]3C[C@@H](C(=O)Cc4ccc(F)c(Cl)c4)N(C)S(=O)(=O)N3)c2)CC1. The van der Waals surface area contributed by atoms with Crippen molar-refractivity contribution in [3.8, 4) is 0 Å². The summed E-state index contributed by atoms with van der Waals surface area (Å²) in [7, 11) is -0.351. The van der Waals surface area contributed by atoms with E-state index in [1.54, 1.807) is 0 Å². The van der Waals surface area contributed by atoms with Crippen molar-refractivity contribution in [1.82, 2.24) is 13.9 Å². The summed E-state index contributed by atoms with van der Waals surface area (Å²) < 4.78 is 42.9. The van der Waals surface area contributed by atoms with Crippen molar-refractivity contribution in [1.29, 1.82) is 0 Å². The molecule has 0 radical (unpaired) electrons.